The molecule has 3 heteroatoms. The van der Waals surface area contributed by atoms with E-state index < -0.39 is 0 Å². The number of Topliss-reactive ketones (excluding diaryl/α,β-unsaturated/α-hetero) is 1. The molecule has 0 fully saturated rings. The maximum atomic E-state index is 11.7. The maximum absolute atomic E-state index is 11.7. The molecular formula is C12H12N2O. The van der Waals surface area contributed by atoms with Gasteiger partial charge in [0.2, 0.25) is 0 Å². The van der Waals surface area contributed by atoms with E-state index in [4.69, 9.17) is 5.26 Å². The van der Waals surface area contributed by atoms with E-state index in [2.05, 4.69) is 11.1 Å². The Hall–Kier alpha value is -1.69. The molecule has 0 saturated carbocycles. The van der Waals surface area contributed by atoms with Gasteiger partial charge in [-0.3, -0.25) is 9.78 Å². The number of fused-ring (bicyclic) bond motifs is 1. The van der Waals surface area contributed by atoms with Crippen LogP contribution in [0.25, 0.3) is 0 Å². The van der Waals surface area contributed by atoms with Gasteiger partial charge in [-0.2, -0.15) is 5.26 Å². The van der Waals surface area contributed by atoms with Crippen LogP contribution in [0.3, 0.4) is 0 Å². The Morgan fingerprint density at radius 3 is 2.67 bits per heavy atom. The standard InChI is InChI=1S/C12H12N2O/c1-7-10(6-13)9-4-3-5-11(15)12(9)8(2)14-7/h3-5H2,1-2H3. The predicted molar refractivity (Wildman–Crippen MR) is 55.7 cm³/mol. The molecule has 1 aromatic rings. The van der Waals surface area contributed by atoms with Gasteiger partial charge >= 0.3 is 0 Å². The molecular weight excluding hydrogens is 188 g/mol. The lowest BCUT2D eigenvalue weighted by molar-refractivity contribution is 0.0971. The van der Waals surface area contributed by atoms with Crippen LogP contribution in [0.15, 0.2) is 0 Å². The first kappa shape index (κ1) is 9.85. The third kappa shape index (κ3) is 1.42. The topological polar surface area (TPSA) is 53.8 Å². The Kier molecular flexibility index (Phi) is 2.28. The van der Waals surface area contributed by atoms with Gasteiger partial charge < -0.3 is 0 Å². The molecule has 1 aromatic heterocycles. The first-order valence-electron chi connectivity index (χ1n) is 5.08. The molecule has 0 bridgehead atoms. The van der Waals surface area contributed by atoms with E-state index in [1.807, 2.05) is 13.8 Å². The summed E-state index contributed by atoms with van der Waals surface area (Å²) >= 11 is 0. The van der Waals surface area contributed by atoms with Crippen LogP contribution in [0, 0.1) is 25.2 Å². The highest BCUT2D eigenvalue weighted by atomic mass is 16.1. The number of carbonyl (C=O) groups excluding carboxylic acids is 1. The lowest BCUT2D eigenvalue weighted by atomic mass is 9.86. The minimum Gasteiger partial charge on any atom is -0.294 e. The van der Waals surface area contributed by atoms with Crippen LogP contribution in [0.4, 0.5) is 0 Å². The highest BCUT2D eigenvalue weighted by Gasteiger charge is 2.24. The van der Waals surface area contributed by atoms with E-state index in [0.717, 1.165) is 29.8 Å². The summed E-state index contributed by atoms with van der Waals surface area (Å²) in [5.74, 6) is 0.137. The fourth-order valence-electron chi connectivity index (χ4n) is 2.24. The second-order valence-corrected chi connectivity index (χ2v) is 3.90. The molecule has 1 aliphatic rings. The molecule has 2 rings (SSSR count). The van der Waals surface area contributed by atoms with Gasteiger partial charge in [0, 0.05) is 17.7 Å². The molecule has 0 aliphatic heterocycles. The summed E-state index contributed by atoms with van der Waals surface area (Å²) in [6, 6.07) is 2.16. The zero-order chi connectivity index (χ0) is 11.0. The third-order valence-electron chi connectivity index (χ3n) is 2.88. The Labute approximate surface area is 88.8 Å². The SMILES string of the molecule is Cc1nc(C)c2c(c1C#N)CCCC2=O. The molecule has 0 atom stereocenters. The molecule has 0 spiro atoms. The normalized spacial score (nSPS) is 14.6. The number of hydrogen-bond donors (Lipinski definition) is 0. The fourth-order valence-corrected chi connectivity index (χ4v) is 2.24. The molecule has 0 saturated heterocycles. The Bertz CT molecular complexity index is 483. The first-order valence-corrected chi connectivity index (χ1v) is 5.08. The minimum atomic E-state index is 0.137. The van der Waals surface area contributed by atoms with Crippen molar-refractivity contribution in [1.82, 2.24) is 4.98 Å². The molecule has 3 nitrogen and oxygen atoms in total. The third-order valence-corrected chi connectivity index (χ3v) is 2.88. The summed E-state index contributed by atoms with van der Waals surface area (Å²) in [6.45, 7) is 3.67. The lowest BCUT2D eigenvalue weighted by Gasteiger charge is -2.18. The highest BCUT2D eigenvalue weighted by Crippen LogP contribution is 2.27. The second kappa shape index (κ2) is 3.47. The van der Waals surface area contributed by atoms with Gasteiger partial charge in [-0.1, -0.05) is 0 Å². The van der Waals surface area contributed by atoms with Crippen LogP contribution in [0.2, 0.25) is 0 Å². The van der Waals surface area contributed by atoms with E-state index in [-0.39, 0.29) is 5.78 Å². The molecule has 1 heterocycles. The van der Waals surface area contributed by atoms with Crippen LogP contribution in [0.1, 0.15) is 45.7 Å². The number of aromatic nitrogens is 1. The number of nitriles is 1. The maximum Gasteiger partial charge on any atom is 0.165 e. The zero-order valence-electron chi connectivity index (χ0n) is 8.92. The number of hydrogen-bond acceptors (Lipinski definition) is 3. The molecule has 0 unspecified atom stereocenters. The zero-order valence-corrected chi connectivity index (χ0v) is 8.92. The van der Waals surface area contributed by atoms with Crippen molar-refractivity contribution >= 4 is 5.78 Å². The van der Waals surface area contributed by atoms with Crippen LogP contribution in [-0.2, 0) is 6.42 Å². The van der Waals surface area contributed by atoms with Gasteiger partial charge in [-0.15, -0.1) is 0 Å². The van der Waals surface area contributed by atoms with Crippen LogP contribution in [0.5, 0.6) is 0 Å². The molecule has 0 aromatic carbocycles. The average molecular weight is 200 g/mol. The van der Waals surface area contributed by atoms with Gasteiger partial charge in [0.25, 0.3) is 0 Å². The number of rotatable bonds is 0. The number of aryl methyl sites for hydroxylation is 2. The first-order chi connectivity index (χ1) is 7.15. The number of ketones is 1. The van der Waals surface area contributed by atoms with Crippen molar-refractivity contribution in [2.75, 3.05) is 0 Å². The highest BCUT2D eigenvalue weighted by molar-refractivity contribution is 6.00. The number of nitrogens with zero attached hydrogens (tertiary/aromatic N) is 2. The van der Waals surface area contributed by atoms with Crippen LogP contribution in [-0.4, -0.2) is 10.8 Å². The van der Waals surface area contributed by atoms with E-state index in [1.165, 1.54) is 0 Å². The van der Waals surface area contributed by atoms with Crippen molar-refractivity contribution in [3.63, 3.8) is 0 Å². The molecule has 0 N–H and O–H groups in total. The molecule has 1 aliphatic carbocycles. The summed E-state index contributed by atoms with van der Waals surface area (Å²) in [7, 11) is 0. The largest absolute Gasteiger partial charge is 0.294 e. The Balaban J connectivity index is 2.78. The number of pyridine rings is 1. The smallest absolute Gasteiger partial charge is 0.165 e. The second-order valence-electron chi connectivity index (χ2n) is 3.90. The van der Waals surface area contributed by atoms with Gasteiger partial charge in [0.15, 0.2) is 5.78 Å². The van der Waals surface area contributed by atoms with Crippen molar-refractivity contribution in [2.45, 2.75) is 33.1 Å². The Morgan fingerprint density at radius 1 is 1.27 bits per heavy atom. The molecule has 76 valence electrons. The van der Waals surface area contributed by atoms with Crippen molar-refractivity contribution in [2.24, 2.45) is 0 Å². The average Bonchev–Trinajstić information content (AvgIpc) is 2.17. The predicted octanol–water partition coefficient (Wildman–Crippen LogP) is 2.09. The summed E-state index contributed by atoms with van der Waals surface area (Å²) in [5.41, 5.74) is 3.72. The summed E-state index contributed by atoms with van der Waals surface area (Å²) in [6.07, 6.45) is 2.26. The summed E-state index contributed by atoms with van der Waals surface area (Å²) < 4.78 is 0. The van der Waals surface area contributed by atoms with Gasteiger partial charge in [-0.05, 0) is 32.3 Å². The van der Waals surface area contributed by atoms with Crippen LogP contribution >= 0.6 is 0 Å². The van der Waals surface area contributed by atoms with Crippen molar-refractivity contribution in [1.29, 1.82) is 5.26 Å². The van der Waals surface area contributed by atoms with E-state index >= 15 is 0 Å². The van der Waals surface area contributed by atoms with Crippen molar-refractivity contribution < 1.29 is 4.79 Å². The van der Waals surface area contributed by atoms with Crippen LogP contribution < -0.4 is 0 Å². The van der Waals surface area contributed by atoms with E-state index in [1.54, 1.807) is 0 Å². The quantitative estimate of drug-likeness (QED) is 0.644. The van der Waals surface area contributed by atoms with Gasteiger partial charge in [0.1, 0.15) is 6.07 Å². The molecule has 0 radical (unpaired) electrons. The lowest BCUT2D eigenvalue weighted by Crippen LogP contribution is -2.16. The molecule has 0 amide bonds. The van der Waals surface area contributed by atoms with E-state index in [0.29, 0.717) is 17.5 Å². The minimum absolute atomic E-state index is 0.137. The van der Waals surface area contributed by atoms with Crippen molar-refractivity contribution in [3.8, 4) is 6.07 Å². The van der Waals surface area contributed by atoms with Gasteiger partial charge in [-0.25, -0.2) is 0 Å². The Morgan fingerprint density at radius 2 is 2.00 bits per heavy atom. The fraction of sp³-hybridized carbons (Fsp3) is 0.417. The van der Waals surface area contributed by atoms with E-state index in [9.17, 15) is 4.79 Å². The van der Waals surface area contributed by atoms with Crippen molar-refractivity contribution in [3.05, 3.63) is 28.1 Å². The van der Waals surface area contributed by atoms with Gasteiger partial charge in [0.05, 0.1) is 11.3 Å². The monoisotopic (exact) mass is 200 g/mol. The summed E-state index contributed by atoms with van der Waals surface area (Å²) in [5, 5.41) is 9.05. The number of carbonyl (C=O) groups is 1. The summed E-state index contributed by atoms with van der Waals surface area (Å²) in [4.78, 5) is 16.0. The molecule has 15 heavy (non-hydrogen) atoms.